The van der Waals surface area contributed by atoms with Gasteiger partial charge in [0.2, 0.25) is 5.91 Å². The number of morpholine rings is 1. The summed E-state index contributed by atoms with van der Waals surface area (Å²) >= 11 is 0. The van der Waals surface area contributed by atoms with Gasteiger partial charge in [0.15, 0.2) is 0 Å². The Labute approximate surface area is 159 Å². The molecule has 27 heavy (non-hydrogen) atoms. The number of pyridine rings is 1. The van der Waals surface area contributed by atoms with Gasteiger partial charge in [0.05, 0.1) is 19.8 Å². The maximum absolute atomic E-state index is 13.4. The summed E-state index contributed by atoms with van der Waals surface area (Å²) in [6.07, 6.45) is 4.88. The lowest BCUT2D eigenvalue weighted by molar-refractivity contribution is -0.140. The maximum atomic E-state index is 13.4. The number of hydrogen-bond acceptors (Lipinski definition) is 6. The van der Waals surface area contributed by atoms with Crippen molar-refractivity contribution in [1.29, 1.82) is 0 Å². The van der Waals surface area contributed by atoms with Gasteiger partial charge in [-0.15, -0.1) is 0 Å². The molecular weight excluding hydrogens is 348 g/mol. The maximum Gasteiger partial charge on any atom is 0.410 e. The second-order valence-corrected chi connectivity index (χ2v) is 7.20. The number of aromatic nitrogens is 1. The van der Waals surface area contributed by atoms with Gasteiger partial charge < -0.3 is 19.3 Å². The highest BCUT2D eigenvalue weighted by Gasteiger charge is 2.37. The average Bonchev–Trinajstić information content (AvgIpc) is 3.16. The Kier molecular flexibility index (Phi) is 5.54. The Morgan fingerprint density at radius 3 is 2.52 bits per heavy atom. The van der Waals surface area contributed by atoms with Crippen molar-refractivity contribution in [2.45, 2.75) is 24.9 Å². The summed E-state index contributed by atoms with van der Waals surface area (Å²) in [4.78, 5) is 35.3. The largest absolute Gasteiger partial charge is 0.448 e. The number of rotatable bonds is 4. The molecule has 4 heterocycles. The van der Waals surface area contributed by atoms with Crippen molar-refractivity contribution >= 4 is 12.0 Å². The lowest BCUT2D eigenvalue weighted by atomic mass is 10.00. The molecule has 3 aliphatic heterocycles. The van der Waals surface area contributed by atoms with Crippen LogP contribution in [0.15, 0.2) is 24.5 Å². The summed E-state index contributed by atoms with van der Waals surface area (Å²) in [5.74, 6) is 0.118. The quantitative estimate of drug-likeness (QED) is 0.780. The SMILES string of the molecule is O=C(C(c1cccnc1)N1CCOCC1)N1CCC(N2CCOC2=O)CC1. The van der Waals surface area contributed by atoms with E-state index >= 15 is 0 Å². The van der Waals surface area contributed by atoms with Crippen molar-refractivity contribution in [3.8, 4) is 0 Å². The zero-order valence-corrected chi connectivity index (χ0v) is 15.5. The van der Waals surface area contributed by atoms with Gasteiger partial charge in [-0.3, -0.25) is 14.7 Å². The summed E-state index contributed by atoms with van der Waals surface area (Å²) in [7, 11) is 0. The molecule has 1 atom stereocenters. The first-order valence-corrected chi connectivity index (χ1v) is 9.68. The van der Waals surface area contributed by atoms with Gasteiger partial charge in [0, 0.05) is 44.6 Å². The molecule has 1 aromatic rings. The van der Waals surface area contributed by atoms with Gasteiger partial charge in [-0.05, 0) is 24.5 Å². The first-order valence-electron chi connectivity index (χ1n) is 9.68. The molecule has 3 aliphatic rings. The van der Waals surface area contributed by atoms with Crippen LogP contribution in [0.3, 0.4) is 0 Å². The molecule has 0 radical (unpaired) electrons. The number of amides is 2. The van der Waals surface area contributed by atoms with Gasteiger partial charge in [0.1, 0.15) is 12.6 Å². The molecule has 2 amide bonds. The second-order valence-electron chi connectivity index (χ2n) is 7.20. The van der Waals surface area contributed by atoms with Crippen molar-refractivity contribution in [3.05, 3.63) is 30.1 Å². The molecule has 8 nitrogen and oxygen atoms in total. The third kappa shape index (κ3) is 3.91. The highest BCUT2D eigenvalue weighted by atomic mass is 16.6. The molecule has 3 saturated heterocycles. The van der Waals surface area contributed by atoms with E-state index in [9.17, 15) is 9.59 Å². The molecule has 0 N–H and O–H groups in total. The predicted octanol–water partition coefficient (Wildman–Crippen LogP) is 0.898. The number of carbonyl (C=O) groups is 2. The summed E-state index contributed by atoms with van der Waals surface area (Å²) in [6.45, 7) is 5.21. The summed E-state index contributed by atoms with van der Waals surface area (Å²) in [5.41, 5.74) is 0.926. The van der Waals surface area contributed by atoms with E-state index < -0.39 is 0 Å². The molecule has 0 aliphatic carbocycles. The molecule has 4 rings (SSSR count). The van der Waals surface area contributed by atoms with Crippen LogP contribution < -0.4 is 0 Å². The van der Waals surface area contributed by atoms with Crippen LogP contribution in [-0.2, 0) is 14.3 Å². The first-order chi connectivity index (χ1) is 13.2. The number of carbonyl (C=O) groups excluding carboxylic acids is 2. The zero-order chi connectivity index (χ0) is 18.6. The fourth-order valence-corrected chi connectivity index (χ4v) is 4.19. The standard InChI is InChI=1S/C19H26N4O4/c24-18(22-6-3-16(4-7-22)23-10-13-27-19(23)25)17(15-2-1-5-20-14-15)21-8-11-26-12-9-21/h1-2,5,14,16-17H,3-4,6-13H2. The van der Waals surface area contributed by atoms with E-state index in [0.29, 0.717) is 39.5 Å². The molecule has 0 saturated carbocycles. The molecule has 0 aromatic carbocycles. The monoisotopic (exact) mass is 374 g/mol. The Hall–Kier alpha value is -2.19. The van der Waals surface area contributed by atoms with Gasteiger partial charge in [0.25, 0.3) is 0 Å². The van der Waals surface area contributed by atoms with Gasteiger partial charge in [-0.25, -0.2) is 4.79 Å². The van der Waals surface area contributed by atoms with Crippen LogP contribution in [0.4, 0.5) is 4.79 Å². The minimum absolute atomic E-state index is 0.118. The molecule has 3 fully saturated rings. The number of ether oxygens (including phenoxy) is 2. The lowest BCUT2D eigenvalue weighted by Gasteiger charge is -2.40. The topological polar surface area (TPSA) is 75.2 Å². The third-order valence-corrected chi connectivity index (χ3v) is 5.65. The first kappa shape index (κ1) is 18.2. The normalized spacial score (nSPS) is 23.3. The third-order valence-electron chi connectivity index (χ3n) is 5.65. The van der Waals surface area contributed by atoms with Crippen LogP contribution in [0.5, 0.6) is 0 Å². The minimum Gasteiger partial charge on any atom is -0.448 e. The Balaban J connectivity index is 1.45. The number of piperidine rings is 1. The minimum atomic E-state index is -0.323. The van der Waals surface area contributed by atoms with Crippen molar-refractivity contribution in [2.75, 3.05) is 52.5 Å². The molecule has 0 spiro atoms. The van der Waals surface area contributed by atoms with E-state index in [-0.39, 0.29) is 24.1 Å². The predicted molar refractivity (Wildman–Crippen MR) is 97.0 cm³/mol. The smallest absolute Gasteiger partial charge is 0.410 e. The van der Waals surface area contributed by atoms with E-state index in [2.05, 4.69) is 9.88 Å². The molecular formula is C19H26N4O4. The number of likely N-dealkylation sites (tertiary alicyclic amines) is 1. The van der Waals surface area contributed by atoms with Gasteiger partial charge in [-0.2, -0.15) is 0 Å². The average molecular weight is 374 g/mol. The van der Waals surface area contributed by atoms with Gasteiger partial charge >= 0.3 is 6.09 Å². The van der Waals surface area contributed by atoms with Crippen molar-refractivity contribution in [3.63, 3.8) is 0 Å². The highest BCUT2D eigenvalue weighted by Crippen LogP contribution is 2.27. The van der Waals surface area contributed by atoms with E-state index in [1.54, 1.807) is 12.4 Å². The highest BCUT2D eigenvalue weighted by molar-refractivity contribution is 5.83. The van der Waals surface area contributed by atoms with Crippen LogP contribution in [-0.4, -0.2) is 90.3 Å². The Morgan fingerprint density at radius 2 is 1.89 bits per heavy atom. The van der Waals surface area contributed by atoms with Crippen LogP contribution in [0, 0.1) is 0 Å². The van der Waals surface area contributed by atoms with E-state index in [0.717, 1.165) is 31.5 Å². The zero-order valence-electron chi connectivity index (χ0n) is 15.5. The van der Waals surface area contributed by atoms with E-state index in [1.807, 2.05) is 21.9 Å². The fourth-order valence-electron chi connectivity index (χ4n) is 4.19. The van der Waals surface area contributed by atoms with Crippen molar-refractivity contribution in [2.24, 2.45) is 0 Å². The van der Waals surface area contributed by atoms with Crippen LogP contribution in [0.1, 0.15) is 24.4 Å². The molecule has 1 aromatic heterocycles. The lowest BCUT2D eigenvalue weighted by Crippen LogP contribution is -2.51. The van der Waals surface area contributed by atoms with E-state index in [4.69, 9.17) is 9.47 Å². The molecule has 8 heteroatoms. The van der Waals surface area contributed by atoms with Crippen LogP contribution in [0.25, 0.3) is 0 Å². The summed E-state index contributed by atoms with van der Waals surface area (Å²) in [6, 6.07) is 3.69. The summed E-state index contributed by atoms with van der Waals surface area (Å²) < 4.78 is 10.5. The second kappa shape index (κ2) is 8.22. The number of cyclic esters (lactones) is 1. The fraction of sp³-hybridized carbons (Fsp3) is 0.632. The van der Waals surface area contributed by atoms with E-state index in [1.165, 1.54) is 0 Å². The Bertz CT molecular complexity index is 657. The van der Waals surface area contributed by atoms with Crippen molar-refractivity contribution in [1.82, 2.24) is 19.7 Å². The molecule has 0 bridgehead atoms. The summed E-state index contributed by atoms with van der Waals surface area (Å²) in [5, 5.41) is 0. The van der Waals surface area contributed by atoms with Gasteiger partial charge in [-0.1, -0.05) is 6.07 Å². The molecule has 146 valence electrons. The number of nitrogens with zero attached hydrogens (tertiary/aromatic N) is 4. The van der Waals surface area contributed by atoms with Crippen LogP contribution >= 0.6 is 0 Å². The Morgan fingerprint density at radius 1 is 1.11 bits per heavy atom. The van der Waals surface area contributed by atoms with Crippen LogP contribution in [0.2, 0.25) is 0 Å². The molecule has 1 unspecified atom stereocenters. The number of hydrogen-bond donors (Lipinski definition) is 0. The van der Waals surface area contributed by atoms with Crippen molar-refractivity contribution < 1.29 is 19.1 Å².